The standard InChI is InChI=1S/C11H9ClN2O2S/c12-10-8(3-4-9(15)16)17-11(14-10)7-2-1-5-13-6-7/h1-2,5-6H,3-4H2,(H,15,16). The molecule has 0 atom stereocenters. The van der Waals surface area contributed by atoms with Crippen molar-refractivity contribution in [2.24, 2.45) is 0 Å². The average molecular weight is 269 g/mol. The molecule has 2 aromatic rings. The van der Waals surface area contributed by atoms with Crippen LogP contribution in [-0.2, 0) is 11.2 Å². The van der Waals surface area contributed by atoms with Gasteiger partial charge in [0.25, 0.3) is 0 Å². The molecular formula is C11H9ClN2O2S. The van der Waals surface area contributed by atoms with Crippen LogP contribution in [0.25, 0.3) is 10.6 Å². The van der Waals surface area contributed by atoms with Crippen molar-refractivity contribution in [2.45, 2.75) is 12.8 Å². The summed E-state index contributed by atoms with van der Waals surface area (Å²) in [6, 6.07) is 3.71. The Bertz CT molecular complexity index is 528. The second-order valence-corrected chi connectivity index (χ2v) is 4.81. The van der Waals surface area contributed by atoms with Gasteiger partial charge in [0.15, 0.2) is 0 Å². The van der Waals surface area contributed by atoms with Crippen LogP contribution in [0.4, 0.5) is 0 Å². The Hall–Kier alpha value is -1.46. The molecule has 1 N–H and O–H groups in total. The van der Waals surface area contributed by atoms with E-state index in [-0.39, 0.29) is 6.42 Å². The molecule has 0 saturated heterocycles. The summed E-state index contributed by atoms with van der Waals surface area (Å²) in [6.45, 7) is 0. The summed E-state index contributed by atoms with van der Waals surface area (Å²) >= 11 is 7.37. The Morgan fingerprint density at radius 2 is 2.35 bits per heavy atom. The molecule has 0 fully saturated rings. The summed E-state index contributed by atoms with van der Waals surface area (Å²) in [5, 5.41) is 9.77. The van der Waals surface area contributed by atoms with E-state index >= 15 is 0 Å². The summed E-state index contributed by atoms with van der Waals surface area (Å²) in [5.41, 5.74) is 0.890. The number of carboxylic acids is 1. The highest BCUT2D eigenvalue weighted by atomic mass is 35.5. The average Bonchev–Trinajstić information content (AvgIpc) is 2.69. The second-order valence-electron chi connectivity index (χ2n) is 3.37. The molecule has 2 rings (SSSR count). The summed E-state index contributed by atoms with van der Waals surface area (Å²) in [6.07, 6.45) is 3.86. The molecule has 17 heavy (non-hydrogen) atoms. The van der Waals surface area contributed by atoms with Gasteiger partial charge in [-0.2, -0.15) is 0 Å². The SMILES string of the molecule is O=C(O)CCc1sc(-c2cccnc2)nc1Cl. The van der Waals surface area contributed by atoms with Crippen LogP contribution in [0.2, 0.25) is 5.15 Å². The Morgan fingerprint density at radius 3 is 3.00 bits per heavy atom. The van der Waals surface area contributed by atoms with Crippen LogP contribution in [0.3, 0.4) is 0 Å². The molecule has 0 spiro atoms. The zero-order chi connectivity index (χ0) is 12.3. The summed E-state index contributed by atoms with van der Waals surface area (Å²) < 4.78 is 0. The molecule has 0 aliphatic heterocycles. The van der Waals surface area contributed by atoms with E-state index < -0.39 is 5.97 Å². The smallest absolute Gasteiger partial charge is 0.303 e. The third kappa shape index (κ3) is 3.01. The molecule has 2 aromatic heterocycles. The minimum atomic E-state index is -0.836. The topological polar surface area (TPSA) is 63.1 Å². The van der Waals surface area contributed by atoms with Crippen molar-refractivity contribution < 1.29 is 9.90 Å². The second kappa shape index (κ2) is 5.25. The first-order valence-corrected chi connectivity index (χ1v) is 6.13. The molecule has 0 bridgehead atoms. The van der Waals surface area contributed by atoms with Crippen LogP contribution in [0, 0.1) is 0 Å². The molecule has 0 aromatic carbocycles. The fourth-order valence-corrected chi connectivity index (χ4v) is 2.61. The third-order valence-corrected chi connectivity index (χ3v) is 3.71. The summed E-state index contributed by atoms with van der Waals surface area (Å²) in [7, 11) is 0. The number of pyridine rings is 1. The van der Waals surface area contributed by atoms with E-state index in [2.05, 4.69) is 9.97 Å². The van der Waals surface area contributed by atoms with Crippen molar-refractivity contribution in [2.75, 3.05) is 0 Å². The predicted molar refractivity (Wildman–Crippen MR) is 66.3 cm³/mol. The van der Waals surface area contributed by atoms with Crippen LogP contribution in [-0.4, -0.2) is 21.0 Å². The number of thiazole rings is 1. The third-order valence-electron chi connectivity index (χ3n) is 2.12. The van der Waals surface area contributed by atoms with Gasteiger partial charge in [-0.3, -0.25) is 9.78 Å². The molecule has 88 valence electrons. The number of hydrogen-bond acceptors (Lipinski definition) is 4. The number of carbonyl (C=O) groups is 1. The van der Waals surface area contributed by atoms with Gasteiger partial charge in [0, 0.05) is 22.8 Å². The molecule has 0 unspecified atom stereocenters. The van der Waals surface area contributed by atoms with E-state index in [0.717, 1.165) is 15.4 Å². The van der Waals surface area contributed by atoms with Gasteiger partial charge < -0.3 is 5.11 Å². The maximum Gasteiger partial charge on any atom is 0.303 e. The molecule has 0 radical (unpaired) electrons. The van der Waals surface area contributed by atoms with Gasteiger partial charge >= 0.3 is 5.97 Å². The van der Waals surface area contributed by atoms with Crippen molar-refractivity contribution in [3.8, 4) is 10.6 Å². The van der Waals surface area contributed by atoms with E-state index in [1.165, 1.54) is 11.3 Å². The highest BCUT2D eigenvalue weighted by Crippen LogP contribution is 2.31. The van der Waals surface area contributed by atoms with Crippen molar-refractivity contribution in [1.82, 2.24) is 9.97 Å². The molecule has 0 aliphatic carbocycles. The fourth-order valence-electron chi connectivity index (χ4n) is 1.32. The van der Waals surface area contributed by atoms with E-state index in [1.54, 1.807) is 12.4 Å². The van der Waals surface area contributed by atoms with Crippen LogP contribution in [0.15, 0.2) is 24.5 Å². The predicted octanol–water partition coefficient (Wildman–Crippen LogP) is 2.88. The Morgan fingerprint density at radius 1 is 1.53 bits per heavy atom. The number of rotatable bonds is 4. The molecule has 6 heteroatoms. The number of aliphatic carboxylic acids is 1. The lowest BCUT2D eigenvalue weighted by Gasteiger charge is -1.93. The van der Waals surface area contributed by atoms with Gasteiger partial charge in [0.05, 0.1) is 6.42 Å². The lowest BCUT2D eigenvalue weighted by molar-refractivity contribution is -0.136. The number of aromatic nitrogens is 2. The Kier molecular flexibility index (Phi) is 3.71. The highest BCUT2D eigenvalue weighted by Gasteiger charge is 2.12. The molecule has 4 nitrogen and oxygen atoms in total. The van der Waals surface area contributed by atoms with Crippen LogP contribution >= 0.6 is 22.9 Å². The van der Waals surface area contributed by atoms with Crippen molar-refractivity contribution in [3.05, 3.63) is 34.6 Å². The summed E-state index contributed by atoms with van der Waals surface area (Å²) in [4.78, 5) is 19.5. The zero-order valence-electron chi connectivity index (χ0n) is 8.76. The Labute approximate surface area is 107 Å². The van der Waals surface area contributed by atoms with Gasteiger partial charge in [-0.25, -0.2) is 4.98 Å². The van der Waals surface area contributed by atoms with Gasteiger partial charge in [0.2, 0.25) is 0 Å². The van der Waals surface area contributed by atoms with Gasteiger partial charge in [-0.15, -0.1) is 11.3 Å². The molecule has 0 saturated carbocycles. The number of carboxylic acid groups (broad SMARTS) is 1. The van der Waals surface area contributed by atoms with E-state index in [4.69, 9.17) is 16.7 Å². The quantitative estimate of drug-likeness (QED) is 0.926. The van der Waals surface area contributed by atoms with Crippen molar-refractivity contribution in [1.29, 1.82) is 0 Å². The number of hydrogen-bond donors (Lipinski definition) is 1. The number of aryl methyl sites for hydroxylation is 1. The number of nitrogens with zero attached hydrogens (tertiary/aromatic N) is 2. The van der Waals surface area contributed by atoms with Crippen molar-refractivity contribution in [3.63, 3.8) is 0 Å². The molecule has 2 heterocycles. The van der Waals surface area contributed by atoms with Gasteiger partial charge in [0.1, 0.15) is 10.2 Å². The highest BCUT2D eigenvalue weighted by molar-refractivity contribution is 7.15. The lowest BCUT2D eigenvalue weighted by Crippen LogP contribution is -1.96. The lowest BCUT2D eigenvalue weighted by atomic mass is 10.3. The first-order valence-electron chi connectivity index (χ1n) is 4.94. The van der Waals surface area contributed by atoms with E-state index in [0.29, 0.717) is 11.6 Å². The van der Waals surface area contributed by atoms with Crippen molar-refractivity contribution >= 4 is 28.9 Å². The van der Waals surface area contributed by atoms with E-state index in [9.17, 15) is 4.79 Å². The maximum atomic E-state index is 10.5. The largest absolute Gasteiger partial charge is 0.481 e. The van der Waals surface area contributed by atoms with Crippen LogP contribution in [0.1, 0.15) is 11.3 Å². The minimum Gasteiger partial charge on any atom is -0.481 e. The van der Waals surface area contributed by atoms with Gasteiger partial charge in [-0.05, 0) is 18.6 Å². The first kappa shape index (κ1) is 12.0. The normalized spacial score (nSPS) is 10.4. The van der Waals surface area contributed by atoms with Gasteiger partial charge in [-0.1, -0.05) is 11.6 Å². The minimum absolute atomic E-state index is 0.0639. The van der Waals surface area contributed by atoms with E-state index in [1.807, 2.05) is 12.1 Å². The first-order chi connectivity index (χ1) is 8.16. The zero-order valence-corrected chi connectivity index (χ0v) is 10.3. The van der Waals surface area contributed by atoms with Crippen LogP contribution < -0.4 is 0 Å². The fraction of sp³-hybridized carbons (Fsp3) is 0.182. The molecule has 0 aliphatic rings. The summed E-state index contributed by atoms with van der Waals surface area (Å²) in [5.74, 6) is -0.836. The van der Waals surface area contributed by atoms with Crippen LogP contribution in [0.5, 0.6) is 0 Å². The molecular weight excluding hydrogens is 260 g/mol. The Balaban J connectivity index is 2.22. The molecule has 0 amide bonds. The monoisotopic (exact) mass is 268 g/mol. The number of halogens is 1. The maximum absolute atomic E-state index is 10.5.